The summed E-state index contributed by atoms with van der Waals surface area (Å²) < 4.78 is 50.4. The van der Waals surface area contributed by atoms with Crippen molar-refractivity contribution in [2.24, 2.45) is 0 Å². The molecule has 9 heteroatoms. The smallest absolute Gasteiger partial charge is 0.416 e. The number of alkyl halides is 3. The molecule has 0 aliphatic carbocycles. The molecule has 0 saturated heterocycles. The van der Waals surface area contributed by atoms with Gasteiger partial charge >= 0.3 is 6.18 Å². The van der Waals surface area contributed by atoms with Gasteiger partial charge in [0, 0.05) is 5.69 Å². The van der Waals surface area contributed by atoms with Crippen LogP contribution in [0.1, 0.15) is 29.2 Å². The number of carbonyl (C=O) groups is 1. The highest BCUT2D eigenvalue weighted by Gasteiger charge is 2.30. The summed E-state index contributed by atoms with van der Waals surface area (Å²) in [5.41, 5.74) is 1.05. The Balaban J connectivity index is 1.84. The van der Waals surface area contributed by atoms with Crippen molar-refractivity contribution in [2.75, 3.05) is 11.9 Å². The fourth-order valence-electron chi connectivity index (χ4n) is 3.32. The molecule has 1 N–H and O–H groups in total. The van der Waals surface area contributed by atoms with Crippen LogP contribution in [-0.2, 0) is 17.6 Å². The lowest BCUT2D eigenvalue weighted by atomic mass is 10.1. The zero-order chi connectivity index (χ0) is 26.3. The van der Waals surface area contributed by atoms with E-state index in [1.165, 1.54) is 18.2 Å². The zero-order valence-electron chi connectivity index (χ0n) is 19.4. The van der Waals surface area contributed by atoms with Gasteiger partial charge in [0.05, 0.1) is 17.2 Å². The van der Waals surface area contributed by atoms with Crippen molar-refractivity contribution >= 4 is 29.3 Å². The number of amides is 1. The molecular weight excluding hydrogens is 493 g/mol. The van der Waals surface area contributed by atoms with Crippen molar-refractivity contribution in [3.8, 4) is 17.6 Å². The molecule has 0 atom stereocenters. The summed E-state index contributed by atoms with van der Waals surface area (Å²) in [5.74, 6) is -0.241. The number of carbonyl (C=O) groups excluding carboxylic acids is 1. The second-order valence-electron chi connectivity index (χ2n) is 7.74. The highest BCUT2D eigenvalue weighted by molar-refractivity contribution is 6.32. The van der Waals surface area contributed by atoms with Crippen LogP contribution < -0.4 is 14.8 Å². The molecule has 186 valence electrons. The third-order valence-electron chi connectivity index (χ3n) is 4.92. The third kappa shape index (κ3) is 7.03. The van der Waals surface area contributed by atoms with Crippen molar-refractivity contribution in [3.05, 3.63) is 93.5 Å². The standard InChI is InChI=1S/C27H22ClF3N2O3/c1-3-35-24-13-19(12-23(28)25(24)36-16-18-7-4-6-17(2)10-18)11-20(15-32)26(34)33-22-9-5-8-21(14-22)27(29,30)31/h4-14H,3,16H2,1-2H3,(H,33,34)/b20-11+. The van der Waals surface area contributed by atoms with Crippen molar-refractivity contribution in [1.29, 1.82) is 5.26 Å². The Bertz CT molecular complexity index is 1330. The fraction of sp³-hybridized carbons (Fsp3) is 0.185. The predicted molar refractivity (Wildman–Crippen MR) is 132 cm³/mol. The number of hydrogen-bond donors (Lipinski definition) is 1. The maximum Gasteiger partial charge on any atom is 0.416 e. The van der Waals surface area contributed by atoms with Gasteiger partial charge in [-0.25, -0.2) is 0 Å². The van der Waals surface area contributed by atoms with Crippen LogP contribution >= 0.6 is 11.6 Å². The Morgan fingerprint density at radius 1 is 1.11 bits per heavy atom. The molecule has 0 spiro atoms. The lowest BCUT2D eigenvalue weighted by Crippen LogP contribution is -2.14. The quantitative estimate of drug-likeness (QED) is 0.255. The van der Waals surface area contributed by atoms with E-state index in [0.29, 0.717) is 23.7 Å². The van der Waals surface area contributed by atoms with Gasteiger partial charge in [0.25, 0.3) is 5.91 Å². The molecule has 0 aliphatic heterocycles. The van der Waals surface area contributed by atoms with Gasteiger partial charge in [-0.15, -0.1) is 0 Å². The first-order valence-corrected chi connectivity index (χ1v) is 11.2. The van der Waals surface area contributed by atoms with Crippen molar-refractivity contribution in [3.63, 3.8) is 0 Å². The first-order chi connectivity index (χ1) is 17.1. The Morgan fingerprint density at radius 2 is 1.86 bits per heavy atom. The molecule has 1 amide bonds. The number of rotatable bonds is 8. The third-order valence-corrected chi connectivity index (χ3v) is 5.20. The number of benzene rings is 3. The van der Waals surface area contributed by atoms with Crippen LogP contribution in [0.15, 0.2) is 66.2 Å². The second-order valence-corrected chi connectivity index (χ2v) is 8.15. The molecule has 3 aromatic carbocycles. The molecule has 0 bridgehead atoms. The van der Waals surface area contributed by atoms with Gasteiger partial charge in [-0.3, -0.25) is 4.79 Å². The Morgan fingerprint density at radius 3 is 2.53 bits per heavy atom. The minimum atomic E-state index is -4.57. The SMILES string of the molecule is CCOc1cc(/C=C(\C#N)C(=O)Nc2cccc(C(F)(F)F)c2)cc(Cl)c1OCc1cccc(C)c1. The average Bonchev–Trinajstić information content (AvgIpc) is 2.82. The van der Waals surface area contributed by atoms with E-state index in [1.54, 1.807) is 19.1 Å². The minimum Gasteiger partial charge on any atom is -0.490 e. The topological polar surface area (TPSA) is 71.3 Å². The Labute approximate surface area is 211 Å². The summed E-state index contributed by atoms with van der Waals surface area (Å²) >= 11 is 6.44. The van der Waals surface area contributed by atoms with Crippen LogP contribution in [0.3, 0.4) is 0 Å². The predicted octanol–water partition coefficient (Wildman–Crippen LogP) is 7.19. The van der Waals surface area contributed by atoms with E-state index in [0.717, 1.165) is 29.3 Å². The first-order valence-electron chi connectivity index (χ1n) is 10.9. The van der Waals surface area contributed by atoms with E-state index in [9.17, 15) is 23.2 Å². The minimum absolute atomic E-state index is 0.0936. The van der Waals surface area contributed by atoms with Gasteiger partial charge in [-0.05, 0) is 61.4 Å². The van der Waals surface area contributed by atoms with E-state index in [1.807, 2.05) is 31.2 Å². The lowest BCUT2D eigenvalue weighted by Gasteiger charge is -2.15. The summed E-state index contributed by atoms with van der Waals surface area (Å²) in [6, 6.07) is 16.8. The molecule has 0 saturated carbocycles. The number of anilines is 1. The highest BCUT2D eigenvalue weighted by Crippen LogP contribution is 2.38. The first kappa shape index (κ1) is 26.6. The van der Waals surface area contributed by atoms with Crippen LogP contribution in [0, 0.1) is 18.3 Å². The Kier molecular flexibility index (Phi) is 8.62. The normalized spacial score (nSPS) is 11.5. The van der Waals surface area contributed by atoms with Crippen molar-refractivity contribution in [2.45, 2.75) is 26.6 Å². The van der Waals surface area contributed by atoms with Crippen LogP contribution in [0.4, 0.5) is 18.9 Å². The van der Waals surface area contributed by atoms with Crippen LogP contribution in [0.5, 0.6) is 11.5 Å². The molecule has 0 aliphatic rings. The summed E-state index contributed by atoms with van der Waals surface area (Å²) in [7, 11) is 0. The monoisotopic (exact) mass is 514 g/mol. The second kappa shape index (κ2) is 11.6. The maximum atomic E-state index is 12.9. The molecule has 0 heterocycles. The van der Waals surface area contributed by atoms with Crippen molar-refractivity contribution in [1.82, 2.24) is 0 Å². The van der Waals surface area contributed by atoms with Crippen molar-refractivity contribution < 1.29 is 27.4 Å². The van der Waals surface area contributed by atoms with Gasteiger partial charge in [0.2, 0.25) is 0 Å². The largest absolute Gasteiger partial charge is 0.490 e. The summed E-state index contributed by atoms with van der Waals surface area (Å²) in [6.07, 6.45) is -3.30. The molecule has 3 rings (SSSR count). The molecule has 0 aromatic heterocycles. The number of nitrogens with one attached hydrogen (secondary N) is 1. The molecule has 36 heavy (non-hydrogen) atoms. The van der Waals surface area contributed by atoms with Gasteiger partial charge in [-0.2, -0.15) is 18.4 Å². The van der Waals surface area contributed by atoms with Gasteiger partial charge in [-0.1, -0.05) is 47.5 Å². The van der Waals surface area contributed by atoms with E-state index in [2.05, 4.69) is 5.32 Å². The number of halogens is 4. The zero-order valence-corrected chi connectivity index (χ0v) is 20.2. The van der Waals surface area contributed by atoms with Gasteiger partial charge in [0.1, 0.15) is 18.2 Å². The average molecular weight is 515 g/mol. The number of hydrogen-bond acceptors (Lipinski definition) is 4. The van der Waals surface area contributed by atoms with Crippen LogP contribution in [0.2, 0.25) is 5.02 Å². The summed E-state index contributed by atoms with van der Waals surface area (Å²) in [6.45, 7) is 4.31. The van der Waals surface area contributed by atoms with E-state index < -0.39 is 17.6 Å². The highest BCUT2D eigenvalue weighted by atomic mass is 35.5. The van der Waals surface area contributed by atoms with Gasteiger partial charge in [0.15, 0.2) is 11.5 Å². The molecule has 0 fully saturated rings. The van der Waals surface area contributed by atoms with Crippen LogP contribution in [-0.4, -0.2) is 12.5 Å². The molecule has 0 radical (unpaired) electrons. The molecule has 5 nitrogen and oxygen atoms in total. The molecule has 3 aromatic rings. The number of aryl methyl sites for hydroxylation is 1. The fourth-order valence-corrected chi connectivity index (χ4v) is 3.59. The van der Waals surface area contributed by atoms with E-state index in [4.69, 9.17) is 21.1 Å². The lowest BCUT2D eigenvalue weighted by molar-refractivity contribution is -0.137. The van der Waals surface area contributed by atoms with E-state index in [-0.39, 0.29) is 22.9 Å². The number of nitrogens with zero attached hydrogens (tertiary/aromatic N) is 1. The van der Waals surface area contributed by atoms with E-state index >= 15 is 0 Å². The van der Waals surface area contributed by atoms with Crippen LogP contribution in [0.25, 0.3) is 6.08 Å². The Hall–Kier alpha value is -3.96. The number of ether oxygens (including phenoxy) is 2. The molecule has 0 unspecified atom stereocenters. The maximum absolute atomic E-state index is 12.9. The summed E-state index contributed by atoms with van der Waals surface area (Å²) in [4.78, 5) is 12.6. The summed E-state index contributed by atoms with van der Waals surface area (Å²) in [5, 5.41) is 12.0. The number of nitriles is 1. The van der Waals surface area contributed by atoms with Gasteiger partial charge < -0.3 is 14.8 Å². The molecular formula is C27H22ClF3N2O3.